The van der Waals surface area contributed by atoms with Crippen LogP contribution in [0.3, 0.4) is 0 Å². The van der Waals surface area contributed by atoms with E-state index in [-0.39, 0.29) is 5.56 Å². The van der Waals surface area contributed by atoms with Crippen molar-refractivity contribution in [2.45, 2.75) is 37.5 Å². The van der Waals surface area contributed by atoms with Gasteiger partial charge in [0, 0.05) is 18.0 Å². The van der Waals surface area contributed by atoms with E-state index in [9.17, 15) is 22.0 Å². The van der Waals surface area contributed by atoms with Gasteiger partial charge in [-0.3, -0.25) is 4.98 Å². The second kappa shape index (κ2) is 8.72. The molecular weight excluding hydrogens is 421 g/mol. The number of rotatable bonds is 7. The molecule has 0 aliphatic carbocycles. The standard InChI is InChI=1S/C23H19ClF5N/c1-22(12-15-5-3-2-4-6-15,20-8-7-18(24)14-30-20)17-9-16(10-19(25)11-17)13-23(28,29)21(26)27/h2-11,14,21H,12-13H2,1H3/t22-/m1/s1. The Kier molecular flexibility index (Phi) is 6.46. The summed E-state index contributed by atoms with van der Waals surface area (Å²) in [4.78, 5) is 4.36. The summed E-state index contributed by atoms with van der Waals surface area (Å²) in [6, 6.07) is 16.1. The average molecular weight is 440 g/mol. The van der Waals surface area contributed by atoms with Crippen LogP contribution in [0.1, 0.15) is 29.3 Å². The lowest BCUT2D eigenvalue weighted by Gasteiger charge is -2.31. The SMILES string of the molecule is C[C@@](Cc1ccccc1)(c1cc(F)cc(CC(F)(F)C(F)F)c1)c1ccc(Cl)cn1. The molecule has 0 fully saturated rings. The van der Waals surface area contributed by atoms with Gasteiger partial charge in [-0.15, -0.1) is 0 Å². The van der Waals surface area contributed by atoms with Gasteiger partial charge in [0.25, 0.3) is 0 Å². The van der Waals surface area contributed by atoms with Gasteiger partial charge in [0.05, 0.1) is 10.7 Å². The first kappa shape index (κ1) is 22.2. The van der Waals surface area contributed by atoms with Crippen LogP contribution in [0.2, 0.25) is 5.02 Å². The topological polar surface area (TPSA) is 12.9 Å². The molecule has 1 nitrogen and oxygen atoms in total. The highest BCUT2D eigenvalue weighted by Crippen LogP contribution is 2.37. The van der Waals surface area contributed by atoms with Gasteiger partial charge in [0.1, 0.15) is 5.82 Å². The zero-order valence-electron chi connectivity index (χ0n) is 16.1. The first-order valence-corrected chi connectivity index (χ1v) is 9.60. The molecule has 1 aromatic heterocycles. The molecule has 0 amide bonds. The molecule has 0 aliphatic heterocycles. The fourth-order valence-electron chi connectivity index (χ4n) is 3.47. The molecule has 7 heteroatoms. The molecule has 0 spiro atoms. The molecule has 0 saturated carbocycles. The summed E-state index contributed by atoms with van der Waals surface area (Å²) in [6.07, 6.45) is -3.26. The molecule has 3 rings (SSSR count). The number of benzene rings is 2. The van der Waals surface area contributed by atoms with Crippen LogP contribution < -0.4 is 0 Å². The van der Waals surface area contributed by atoms with Crippen molar-refractivity contribution in [3.05, 3.63) is 100 Å². The Morgan fingerprint density at radius 2 is 1.63 bits per heavy atom. The van der Waals surface area contributed by atoms with Crippen LogP contribution in [0.25, 0.3) is 0 Å². The molecule has 0 aliphatic rings. The van der Waals surface area contributed by atoms with E-state index in [4.69, 9.17) is 11.6 Å². The summed E-state index contributed by atoms with van der Waals surface area (Å²) < 4.78 is 66.9. The minimum absolute atomic E-state index is 0.205. The van der Waals surface area contributed by atoms with Crippen molar-refractivity contribution in [1.82, 2.24) is 4.98 Å². The summed E-state index contributed by atoms with van der Waals surface area (Å²) in [6.45, 7) is 1.81. The van der Waals surface area contributed by atoms with Gasteiger partial charge in [0.2, 0.25) is 0 Å². The Bertz CT molecular complexity index is 992. The molecule has 158 valence electrons. The predicted octanol–water partition coefficient (Wildman–Crippen LogP) is 6.87. The highest BCUT2D eigenvalue weighted by Gasteiger charge is 2.41. The largest absolute Gasteiger partial charge is 0.311 e. The molecule has 0 radical (unpaired) electrons. The number of alkyl halides is 4. The van der Waals surface area contributed by atoms with Gasteiger partial charge in [-0.1, -0.05) is 48.0 Å². The number of aromatic nitrogens is 1. The monoisotopic (exact) mass is 439 g/mol. The zero-order chi connectivity index (χ0) is 21.9. The maximum atomic E-state index is 14.4. The van der Waals surface area contributed by atoms with Crippen LogP contribution in [0, 0.1) is 5.82 Å². The predicted molar refractivity (Wildman–Crippen MR) is 107 cm³/mol. The van der Waals surface area contributed by atoms with Gasteiger partial charge < -0.3 is 0 Å². The fourth-order valence-corrected chi connectivity index (χ4v) is 3.58. The minimum atomic E-state index is -4.25. The summed E-state index contributed by atoms with van der Waals surface area (Å²) >= 11 is 5.94. The van der Waals surface area contributed by atoms with Crippen LogP contribution in [-0.4, -0.2) is 17.3 Å². The second-order valence-corrected chi connectivity index (χ2v) is 7.88. The summed E-state index contributed by atoms with van der Waals surface area (Å²) in [5.74, 6) is -5.03. The van der Waals surface area contributed by atoms with Crippen LogP contribution >= 0.6 is 11.6 Å². The minimum Gasteiger partial charge on any atom is -0.259 e. The third kappa shape index (κ3) is 4.98. The van der Waals surface area contributed by atoms with Gasteiger partial charge >= 0.3 is 12.3 Å². The van der Waals surface area contributed by atoms with E-state index in [0.717, 1.165) is 11.6 Å². The lowest BCUT2D eigenvalue weighted by molar-refractivity contribution is -0.127. The van der Waals surface area contributed by atoms with E-state index in [2.05, 4.69) is 4.98 Å². The first-order chi connectivity index (χ1) is 14.1. The summed E-state index contributed by atoms with van der Waals surface area (Å²) in [5, 5.41) is 0.414. The van der Waals surface area contributed by atoms with Crippen molar-refractivity contribution in [3.8, 4) is 0 Å². The molecule has 1 atom stereocenters. The molecule has 30 heavy (non-hydrogen) atoms. The average Bonchev–Trinajstić information content (AvgIpc) is 2.68. The molecule has 0 N–H and O–H groups in total. The third-order valence-corrected chi connectivity index (χ3v) is 5.27. The van der Waals surface area contributed by atoms with Crippen molar-refractivity contribution >= 4 is 11.6 Å². The third-order valence-electron chi connectivity index (χ3n) is 5.05. The van der Waals surface area contributed by atoms with E-state index in [0.29, 0.717) is 22.7 Å². The Balaban J connectivity index is 2.10. The van der Waals surface area contributed by atoms with Gasteiger partial charge in [-0.05, 0) is 54.3 Å². The maximum Gasteiger partial charge on any atom is 0.311 e. The molecule has 3 aromatic rings. The van der Waals surface area contributed by atoms with Crippen LogP contribution in [0.15, 0.2) is 66.9 Å². The van der Waals surface area contributed by atoms with Crippen molar-refractivity contribution < 1.29 is 22.0 Å². The molecule has 0 saturated heterocycles. The number of halogens is 6. The highest BCUT2D eigenvalue weighted by molar-refractivity contribution is 6.30. The van der Waals surface area contributed by atoms with Gasteiger partial charge in [0.15, 0.2) is 0 Å². The second-order valence-electron chi connectivity index (χ2n) is 7.44. The normalized spacial score (nSPS) is 14.0. The van der Waals surface area contributed by atoms with Crippen molar-refractivity contribution in [2.75, 3.05) is 0 Å². The Morgan fingerprint density at radius 1 is 0.933 bits per heavy atom. The maximum absolute atomic E-state index is 14.4. The van der Waals surface area contributed by atoms with Crippen molar-refractivity contribution in [3.63, 3.8) is 0 Å². The van der Waals surface area contributed by atoms with Crippen molar-refractivity contribution in [2.24, 2.45) is 0 Å². The summed E-state index contributed by atoms with van der Waals surface area (Å²) in [5.41, 5.74) is 0.710. The number of nitrogens with zero attached hydrogens (tertiary/aromatic N) is 1. The number of hydrogen-bond acceptors (Lipinski definition) is 1. The van der Waals surface area contributed by atoms with Crippen LogP contribution in [0.4, 0.5) is 22.0 Å². The molecule has 2 aromatic carbocycles. The lowest BCUT2D eigenvalue weighted by atomic mass is 9.74. The Labute approximate surface area is 176 Å². The van der Waals surface area contributed by atoms with Crippen LogP contribution in [-0.2, 0) is 18.3 Å². The quantitative estimate of drug-likeness (QED) is 0.366. The fraction of sp³-hybridized carbons (Fsp3) is 0.261. The van der Waals surface area contributed by atoms with E-state index in [1.807, 2.05) is 30.3 Å². The van der Waals surface area contributed by atoms with Gasteiger partial charge in [-0.25, -0.2) is 13.2 Å². The van der Waals surface area contributed by atoms with E-state index in [1.165, 1.54) is 18.3 Å². The van der Waals surface area contributed by atoms with E-state index < -0.39 is 30.0 Å². The zero-order valence-corrected chi connectivity index (χ0v) is 16.8. The number of hydrogen-bond donors (Lipinski definition) is 0. The van der Waals surface area contributed by atoms with Crippen molar-refractivity contribution in [1.29, 1.82) is 0 Å². The molecule has 0 bridgehead atoms. The Hall–Kier alpha value is -2.47. The number of pyridine rings is 1. The van der Waals surface area contributed by atoms with E-state index in [1.54, 1.807) is 19.1 Å². The van der Waals surface area contributed by atoms with Crippen LogP contribution in [0.5, 0.6) is 0 Å². The smallest absolute Gasteiger partial charge is 0.259 e. The van der Waals surface area contributed by atoms with E-state index >= 15 is 0 Å². The Morgan fingerprint density at radius 3 is 2.23 bits per heavy atom. The molecule has 0 unspecified atom stereocenters. The molecule has 1 heterocycles. The highest BCUT2D eigenvalue weighted by atomic mass is 35.5. The summed E-state index contributed by atoms with van der Waals surface area (Å²) in [7, 11) is 0. The van der Waals surface area contributed by atoms with Gasteiger partial charge in [-0.2, -0.15) is 8.78 Å². The lowest BCUT2D eigenvalue weighted by Crippen LogP contribution is -2.31. The first-order valence-electron chi connectivity index (χ1n) is 9.22. The molecular formula is C23H19ClF5N.